The molecule has 1 amide bonds. The van der Waals surface area contributed by atoms with Crippen molar-refractivity contribution in [2.24, 2.45) is 0 Å². The van der Waals surface area contributed by atoms with Crippen LogP contribution in [-0.2, 0) is 16.4 Å². The Morgan fingerprint density at radius 2 is 1.81 bits per heavy atom. The van der Waals surface area contributed by atoms with E-state index in [2.05, 4.69) is 12.2 Å². The van der Waals surface area contributed by atoms with Crippen molar-refractivity contribution in [3.63, 3.8) is 0 Å². The third-order valence-electron chi connectivity index (χ3n) is 5.00. The molecule has 1 N–H and O–H groups in total. The number of hydrogen-bond acceptors (Lipinski definition) is 3. The number of benzene rings is 2. The van der Waals surface area contributed by atoms with E-state index in [9.17, 15) is 13.2 Å². The first-order chi connectivity index (χ1) is 12.9. The Kier molecular flexibility index (Phi) is 5.97. The van der Waals surface area contributed by atoms with Gasteiger partial charge in [0.15, 0.2) is 0 Å². The fourth-order valence-electron chi connectivity index (χ4n) is 3.33. The molecule has 144 valence electrons. The molecule has 0 aliphatic carbocycles. The van der Waals surface area contributed by atoms with E-state index in [1.54, 1.807) is 12.1 Å². The van der Waals surface area contributed by atoms with Gasteiger partial charge in [0.05, 0.1) is 4.90 Å². The van der Waals surface area contributed by atoms with E-state index in [1.807, 2.05) is 31.2 Å². The van der Waals surface area contributed by atoms with Crippen LogP contribution >= 0.6 is 0 Å². The number of nitrogens with one attached hydrogen (secondary N) is 1. The minimum Gasteiger partial charge on any atom is -0.322 e. The third kappa shape index (κ3) is 4.39. The summed E-state index contributed by atoms with van der Waals surface area (Å²) in [4.78, 5) is 13.0. The van der Waals surface area contributed by atoms with E-state index in [0.717, 1.165) is 36.8 Å². The van der Waals surface area contributed by atoms with Crippen molar-refractivity contribution in [2.45, 2.75) is 44.4 Å². The van der Waals surface area contributed by atoms with E-state index in [-0.39, 0.29) is 10.8 Å². The van der Waals surface area contributed by atoms with Crippen LogP contribution in [0.1, 0.15) is 47.7 Å². The molecule has 5 nitrogen and oxygen atoms in total. The van der Waals surface area contributed by atoms with Crippen molar-refractivity contribution >= 4 is 21.6 Å². The molecular formula is C21H26N2O3S. The van der Waals surface area contributed by atoms with E-state index in [1.165, 1.54) is 10.4 Å². The number of nitrogens with zero attached hydrogens (tertiary/aromatic N) is 1. The number of amides is 1. The summed E-state index contributed by atoms with van der Waals surface area (Å²) in [6, 6.07) is 12.5. The van der Waals surface area contributed by atoms with Crippen LogP contribution in [0, 0.1) is 6.92 Å². The zero-order valence-electron chi connectivity index (χ0n) is 15.9. The van der Waals surface area contributed by atoms with Crippen LogP contribution in [0.25, 0.3) is 0 Å². The van der Waals surface area contributed by atoms with Gasteiger partial charge in [-0.1, -0.05) is 31.5 Å². The molecule has 2 aromatic carbocycles. The molecule has 1 saturated heterocycles. The lowest BCUT2D eigenvalue weighted by molar-refractivity contribution is 0.102. The summed E-state index contributed by atoms with van der Waals surface area (Å²) in [5.41, 5.74) is 2.97. The van der Waals surface area contributed by atoms with Gasteiger partial charge in [0, 0.05) is 24.3 Å². The van der Waals surface area contributed by atoms with Crippen LogP contribution in [0.3, 0.4) is 0 Å². The van der Waals surface area contributed by atoms with Crippen molar-refractivity contribution in [3.8, 4) is 0 Å². The maximum Gasteiger partial charge on any atom is 0.255 e. The lowest BCUT2D eigenvalue weighted by Crippen LogP contribution is -2.35. The Hall–Kier alpha value is -2.18. The average molecular weight is 387 g/mol. The van der Waals surface area contributed by atoms with Crippen LogP contribution in [0.5, 0.6) is 0 Å². The van der Waals surface area contributed by atoms with Gasteiger partial charge in [-0.2, -0.15) is 4.31 Å². The summed E-state index contributed by atoms with van der Waals surface area (Å²) in [6.07, 6.45) is 3.70. The van der Waals surface area contributed by atoms with Crippen molar-refractivity contribution in [2.75, 3.05) is 18.4 Å². The summed E-state index contributed by atoms with van der Waals surface area (Å²) in [5, 5.41) is 2.88. The standard InChI is InChI=1S/C21H26N2O3S/c1-3-17-8-7-9-18(14-17)22-21(24)20-15-19(11-10-16(20)2)27(25,26)23-12-5-4-6-13-23/h7-11,14-15H,3-6,12-13H2,1-2H3,(H,22,24). The summed E-state index contributed by atoms with van der Waals surface area (Å²) >= 11 is 0. The van der Waals surface area contributed by atoms with Gasteiger partial charge in [-0.05, 0) is 61.6 Å². The second-order valence-corrected chi connectivity index (χ2v) is 8.89. The predicted molar refractivity (Wildman–Crippen MR) is 108 cm³/mol. The maximum atomic E-state index is 12.9. The Labute approximate surface area is 161 Å². The minimum atomic E-state index is -3.57. The van der Waals surface area contributed by atoms with Crippen molar-refractivity contribution in [1.82, 2.24) is 4.31 Å². The highest BCUT2D eigenvalue weighted by Crippen LogP contribution is 2.23. The van der Waals surface area contributed by atoms with Crippen molar-refractivity contribution in [1.29, 1.82) is 0 Å². The van der Waals surface area contributed by atoms with Crippen LogP contribution in [-0.4, -0.2) is 31.7 Å². The normalized spacial score (nSPS) is 15.5. The largest absolute Gasteiger partial charge is 0.322 e. The molecule has 0 atom stereocenters. The smallest absolute Gasteiger partial charge is 0.255 e. The van der Waals surface area contributed by atoms with Crippen molar-refractivity contribution < 1.29 is 13.2 Å². The lowest BCUT2D eigenvalue weighted by atomic mass is 10.1. The molecule has 6 heteroatoms. The molecule has 0 aromatic heterocycles. The fraction of sp³-hybridized carbons (Fsp3) is 0.381. The van der Waals surface area contributed by atoms with Crippen LogP contribution in [0.2, 0.25) is 0 Å². The Morgan fingerprint density at radius 1 is 1.07 bits per heavy atom. The van der Waals surface area contributed by atoms with Gasteiger partial charge in [0.25, 0.3) is 5.91 Å². The van der Waals surface area contributed by atoms with E-state index in [4.69, 9.17) is 0 Å². The molecule has 0 saturated carbocycles. The quantitative estimate of drug-likeness (QED) is 0.845. The minimum absolute atomic E-state index is 0.183. The summed E-state index contributed by atoms with van der Waals surface area (Å²) in [5.74, 6) is -0.295. The monoisotopic (exact) mass is 386 g/mol. The highest BCUT2D eigenvalue weighted by molar-refractivity contribution is 7.89. The predicted octanol–water partition coefficient (Wildman–Crippen LogP) is 3.98. The fourth-order valence-corrected chi connectivity index (χ4v) is 4.87. The Balaban J connectivity index is 1.87. The van der Waals surface area contributed by atoms with E-state index < -0.39 is 10.0 Å². The summed E-state index contributed by atoms with van der Waals surface area (Å²) in [7, 11) is -3.57. The molecule has 1 aliphatic rings. The third-order valence-corrected chi connectivity index (χ3v) is 6.89. The number of anilines is 1. The molecule has 0 unspecified atom stereocenters. The Bertz CT molecular complexity index is 932. The number of aryl methyl sites for hydroxylation is 2. The topological polar surface area (TPSA) is 66.5 Å². The maximum absolute atomic E-state index is 12.9. The molecule has 0 radical (unpaired) electrons. The first-order valence-corrected chi connectivity index (χ1v) is 10.9. The molecule has 1 heterocycles. The molecule has 3 rings (SSSR count). The lowest BCUT2D eigenvalue weighted by Gasteiger charge is -2.26. The number of carbonyl (C=O) groups excluding carboxylic acids is 1. The molecular weight excluding hydrogens is 360 g/mol. The van der Waals surface area contributed by atoms with Gasteiger partial charge >= 0.3 is 0 Å². The zero-order valence-corrected chi connectivity index (χ0v) is 16.7. The van der Waals surface area contributed by atoms with Gasteiger partial charge in [0.2, 0.25) is 10.0 Å². The second-order valence-electron chi connectivity index (χ2n) is 6.95. The van der Waals surface area contributed by atoms with Gasteiger partial charge < -0.3 is 5.32 Å². The number of sulfonamides is 1. The zero-order chi connectivity index (χ0) is 19.4. The van der Waals surface area contributed by atoms with E-state index >= 15 is 0 Å². The number of carbonyl (C=O) groups is 1. The molecule has 2 aromatic rings. The summed E-state index contributed by atoms with van der Waals surface area (Å²) in [6.45, 7) is 4.96. The molecule has 0 bridgehead atoms. The molecule has 27 heavy (non-hydrogen) atoms. The highest BCUT2D eigenvalue weighted by Gasteiger charge is 2.27. The van der Waals surface area contributed by atoms with Gasteiger partial charge in [-0.15, -0.1) is 0 Å². The SMILES string of the molecule is CCc1cccc(NC(=O)c2cc(S(=O)(=O)N3CCCCC3)ccc2C)c1. The first-order valence-electron chi connectivity index (χ1n) is 9.43. The van der Waals surface area contributed by atoms with Gasteiger partial charge in [-0.3, -0.25) is 4.79 Å². The second kappa shape index (κ2) is 8.23. The van der Waals surface area contributed by atoms with Crippen molar-refractivity contribution in [3.05, 3.63) is 59.2 Å². The summed E-state index contributed by atoms with van der Waals surface area (Å²) < 4.78 is 27.3. The van der Waals surface area contributed by atoms with Crippen LogP contribution in [0.15, 0.2) is 47.4 Å². The van der Waals surface area contributed by atoms with Crippen LogP contribution in [0.4, 0.5) is 5.69 Å². The number of rotatable bonds is 5. The first kappa shape index (κ1) is 19.6. The van der Waals surface area contributed by atoms with Gasteiger partial charge in [-0.25, -0.2) is 8.42 Å². The Morgan fingerprint density at radius 3 is 2.52 bits per heavy atom. The van der Waals surface area contributed by atoms with E-state index in [0.29, 0.717) is 24.3 Å². The molecule has 0 spiro atoms. The van der Waals surface area contributed by atoms with Gasteiger partial charge in [0.1, 0.15) is 0 Å². The van der Waals surface area contributed by atoms with Crippen LogP contribution < -0.4 is 5.32 Å². The number of hydrogen-bond donors (Lipinski definition) is 1. The highest BCUT2D eigenvalue weighted by atomic mass is 32.2. The number of piperidine rings is 1. The average Bonchev–Trinajstić information content (AvgIpc) is 2.69. The molecule has 1 aliphatic heterocycles. The molecule has 1 fully saturated rings.